The van der Waals surface area contributed by atoms with E-state index in [-0.39, 0.29) is 0 Å². The minimum absolute atomic E-state index is 0.450. The molecule has 0 saturated carbocycles. The van der Waals surface area contributed by atoms with Gasteiger partial charge in [-0.2, -0.15) is 0 Å². The van der Waals surface area contributed by atoms with Gasteiger partial charge in [0, 0.05) is 49.2 Å². The SMILES string of the molecule is O=S1(=O)c2cccc3c(N4CCCN(CCc5ccccc5)CC4)ccc(c23)N1CCCc1ccccc1. The monoisotopic (exact) mass is 525 g/mol. The van der Waals surface area contributed by atoms with Gasteiger partial charge in [0.05, 0.1) is 10.6 Å². The zero-order valence-electron chi connectivity index (χ0n) is 21.8. The first-order chi connectivity index (χ1) is 18.6. The molecule has 4 aromatic rings. The van der Waals surface area contributed by atoms with Gasteiger partial charge in [-0.15, -0.1) is 0 Å². The largest absolute Gasteiger partial charge is 0.370 e. The van der Waals surface area contributed by atoms with Crippen LogP contribution in [0, 0.1) is 0 Å². The normalized spacial score (nSPS) is 17.2. The van der Waals surface area contributed by atoms with Crippen molar-refractivity contribution in [3.05, 3.63) is 102 Å². The second-order valence-electron chi connectivity index (χ2n) is 10.4. The molecular formula is C32H35N3O2S. The van der Waals surface area contributed by atoms with Crippen LogP contribution >= 0.6 is 0 Å². The lowest BCUT2D eigenvalue weighted by atomic mass is 10.0. The zero-order valence-corrected chi connectivity index (χ0v) is 22.6. The molecule has 6 rings (SSSR count). The number of rotatable bonds is 8. The maximum atomic E-state index is 13.6. The average molecular weight is 526 g/mol. The van der Waals surface area contributed by atoms with Gasteiger partial charge in [-0.25, -0.2) is 8.42 Å². The van der Waals surface area contributed by atoms with E-state index in [9.17, 15) is 8.42 Å². The maximum Gasteiger partial charge on any atom is 0.265 e. The standard InChI is InChI=1S/C32H35N3O2S/c36-38(37)31-16-7-15-28-29(34-21-9-20-33(24-25-34)23-19-27-12-5-2-6-13-27)17-18-30(32(28)31)35(38)22-8-14-26-10-3-1-4-11-26/h1-7,10-13,15-18H,8-9,14,19-25H2. The summed E-state index contributed by atoms with van der Waals surface area (Å²) in [5.41, 5.74) is 4.60. The first kappa shape index (κ1) is 25.0. The smallest absolute Gasteiger partial charge is 0.265 e. The molecule has 0 atom stereocenters. The number of hydrogen-bond acceptors (Lipinski definition) is 4. The third-order valence-corrected chi connectivity index (χ3v) is 9.81. The Morgan fingerprint density at radius 2 is 1.34 bits per heavy atom. The van der Waals surface area contributed by atoms with Crippen LogP contribution in [0.25, 0.3) is 10.8 Å². The van der Waals surface area contributed by atoms with Crippen LogP contribution in [-0.4, -0.2) is 52.6 Å². The predicted molar refractivity (Wildman–Crippen MR) is 157 cm³/mol. The molecule has 38 heavy (non-hydrogen) atoms. The minimum Gasteiger partial charge on any atom is -0.370 e. The molecule has 2 aliphatic rings. The lowest BCUT2D eigenvalue weighted by Crippen LogP contribution is -2.32. The van der Waals surface area contributed by atoms with Gasteiger partial charge in [-0.1, -0.05) is 72.8 Å². The summed E-state index contributed by atoms with van der Waals surface area (Å²) in [5, 5.41) is 1.93. The summed E-state index contributed by atoms with van der Waals surface area (Å²) in [6.45, 7) is 5.58. The quantitative estimate of drug-likeness (QED) is 0.294. The van der Waals surface area contributed by atoms with E-state index in [4.69, 9.17) is 0 Å². The molecule has 1 fully saturated rings. The van der Waals surface area contributed by atoms with Crippen molar-refractivity contribution < 1.29 is 8.42 Å². The topological polar surface area (TPSA) is 43.9 Å². The van der Waals surface area contributed by atoms with Gasteiger partial charge in [-0.3, -0.25) is 4.31 Å². The van der Waals surface area contributed by atoms with E-state index in [1.54, 1.807) is 10.4 Å². The molecule has 5 nitrogen and oxygen atoms in total. The average Bonchev–Trinajstić information content (AvgIpc) is 3.08. The van der Waals surface area contributed by atoms with E-state index >= 15 is 0 Å². The van der Waals surface area contributed by atoms with E-state index in [2.05, 4.69) is 64.4 Å². The fraction of sp³-hybridized carbons (Fsp3) is 0.312. The second-order valence-corrected chi connectivity index (χ2v) is 12.2. The van der Waals surface area contributed by atoms with Crippen molar-refractivity contribution >= 4 is 32.2 Å². The Bertz CT molecular complexity index is 1510. The summed E-state index contributed by atoms with van der Waals surface area (Å²) in [5.74, 6) is 0. The Morgan fingerprint density at radius 3 is 2.11 bits per heavy atom. The molecule has 0 aromatic heterocycles. The molecule has 0 amide bonds. The number of nitrogens with zero attached hydrogens (tertiary/aromatic N) is 3. The Hall–Kier alpha value is -3.35. The van der Waals surface area contributed by atoms with Crippen LogP contribution in [0.2, 0.25) is 0 Å². The minimum atomic E-state index is -3.54. The highest BCUT2D eigenvalue weighted by Gasteiger charge is 2.36. The fourth-order valence-corrected chi connectivity index (χ4v) is 7.71. The molecule has 2 heterocycles. The van der Waals surface area contributed by atoms with Crippen LogP contribution in [0.3, 0.4) is 0 Å². The molecular weight excluding hydrogens is 490 g/mol. The third-order valence-electron chi connectivity index (χ3n) is 7.95. The Kier molecular flexibility index (Phi) is 7.09. The van der Waals surface area contributed by atoms with Crippen molar-refractivity contribution in [2.75, 3.05) is 48.5 Å². The van der Waals surface area contributed by atoms with Gasteiger partial charge in [-0.05, 0) is 61.6 Å². The van der Waals surface area contributed by atoms with Crippen LogP contribution in [0.15, 0.2) is 95.9 Å². The zero-order chi connectivity index (χ0) is 26.0. The molecule has 0 unspecified atom stereocenters. The highest BCUT2D eigenvalue weighted by atomic mass is 32.2. The van der Waals surface area contributed by atoms with Gasteiger partial charge in [0.15, 0.2) is 0 Å². The molecule has 2 aliphatic heterocycles. The highest BCUT2D eigenvalue weighted by molar-refractivity contribution is 7.93. The van der Waals surface area contributed by atoms with E-state index in [0.29, 0.717) is 11.4 Å². The number of benzene rings is 4. The first-order valence-electron chi connectivity index (χ1n) is 13.7. The summed E-state index contributed by atoms with van der Waals surface area (Å²) >= 11 is 0. The van der Waals surface area contributed by atoms with Gasteiger partial charge < -0.3 is 9.80 Å². The van der Waals surface area contributed by atoms with Crippen LogP contribution in [0.1, 0.15) is 24.0 Å². The highest BCUT2D eigenvalue weighted by Crippen LogP contribution is 2.45. The van der Waals surface area contributed by atoms with Crippen molar-refractivity contribution in [2.45, 2.75) is 30.6 Å². The lowest BCUT2D eigenvalue weighted by Gasteiger charge is -2.26. The van der Waals surface area contributed by atoms with E-state index in [0.717, 1.165) is 80.6 Å². The molecule has 0 aliphatic carbocycles. The van der Waals surface area contributed by atoms with Crippen molar-refractivity contribution in [1.82, 2.24) is 4.90 Å². The Balaban J connectivity index is 1.20. The molecule has 0 radical (unpaired) electrons. The number of anilines is 2. The third kappa shape index (κ3) is 4.91. The summed E-state index contributed by atoms with van der Waals surface area (Å²) < 4.78 is 28.8. The summed E-state index contributed by atoms with van der Waals surface area (Å²) in [4.78, 5) is 5.47. The molecule has 4 aromatic carbocycles. The Labute approximate surface area is 226 Å². The van der Waals surface area contributed by atoms with Gasteiger partial charge in [0.1, 0.15) is 0 Å². The van der Waals surface area contributed by atoms with E-state index in [1.165, 1.54) is 11.1 Å². The number of aryl methyl sites for hydroxylation is 1. The molecule has 0 spiro atoms. The van der Waals surface area contributed by atoms with Crippen molar-refractivity contribution in [3.63, 3.8) is 0 Å². The van der Waals surface area contributed by atoms with Crippen LogP contribution in [-0.2, 0) is 22.9 Å². The predicted octanol–water partition coefficient (Wildman–Crippen LogP) is 5.74. The van der Waals surface area contributed by atoms with Crippen molar-refractivity contribution in [3.8, 4) is 0 Å². The lowest BCUT2D eigenvalue weighted by molar-refractivity contribution is 0.297. The van der Waals surface area contributed by atoms with Crippen LogP contribution < -0.4 is 9.21 Å². The molecule has 1 saturated heterocycles. The van der Waals surface area contributed by atoms with Crippen LogP contribution in [0.5, 0.6) is 0 Å². The molecule has 196 valence electrons. The maximum absolute atomic E-state index is 13.6. The molecule has 0 N–H and O–H groups in total. The van der Waals surface area contributed by atoms with Crippen molar-refractivity contribution in [2.24, 2.45) is 0 Å². The van der Waals surface area contributed by atoms with Gasteiger partial charge >= 0.3 is 0 Å². The van der Waals surface area contributed by atoms with E-state index < -0.39 is 10.0 Å². The first-order valence-corrected chi connectivity index (χ1v) is 15.2. The summed E-state index contributed by atoms with van der Waals surface area (Å²) in [7, 11) is -3.54. The fourth-order valence-electron chi connectivity index (χ4n) is 5.97. The van der Waals surface area contributed by atoms with Gasteiger partial charge in [0.25, 0.3) is 10.0 Å². The second kappa shape index (κ2) is 10.8. The van der Waals surface area contributed by atoms with Crippen molar-refractivity contribution in [1.29, 1.82) is 0 Å². The number of hydrogen-bond donors (Lipinski definition) is 0. The molecule has 0 bridgehead atoms. The Morgan fingerprint density at radius 1 is 0.632 bits per heavy atom. The summed E-state index contributed by atoms with van der Waals surface area (Å²) in [6.07, 6.45) is 3.81. The van der Waals surface area contributed by atoms with Gasteiger partial charge in [0.2, 0.25) is 0 Å². The van der Waals surface area contributed by atoms with Crippen LogP contribution in [0.4, 0.5) is 11.4 Å². The number of sulfonamides is 1. The van der Waals surface area contributed by atoms with E-state index in [1.807, 2.05) is 30.3 Å². The summed E-state index contributed by atoms with van der Waals surface area (Å²) in [6, 6.07) is 30.9. The molecule has 6 heteroatoms.